The molecule has 1 N–H and O–H groups in total. The van der Waals surface area contributed by atoms with Crippen LogP contribution >= 0.6 is 0 Å². The quantitative estimate of drug-likeness (QED) is 0.566. The first-order valence-electron chi connectivity index (χ1n) is 7.96. The highest BCUT2D eigenvalue weighted by molar-refractivity contribution is 6.07. The minimum atomic E-state index is -0.838. The molecule has 2 aliphatic heterocycles. The van der Waals surface area contributed by atoms with E-state index in [1.807, 2.05) is 0 Å². The Morgan fingerprint density at radius 3 is 2.32 bits per heavy atom. The van der Waals surface area contributed by atoms with Crippen LogP contribution in [0.3, 0.4) is 0 Å². The van der Waals surface area contributed by atoms with Gasteiger partial charge in [-0.1, -0.05) is 0 Å². The molecule has 2 heterocycles. The number of likely N-dealkylation sites (tertiary alicyclic amines) is 1. The maximum Gasteiger partial charge on any atom is 0.238 e. The van der Waals surface area contributed by atoms with Crippen molar-refractivity contribution in [3.8, 4) is 0 Å². The molecule has 7 nitrogen and oxygen atoms in total. The minimum absolute atomic E-state index is 0.0461. The molecule has 2 saturated heterocycles. The standard InChI is InChI=1S/C15H24N2O5/c1-20-9-6-16-12(18)14(2-3-14)13(19)17-7-4-15(5-8-17)21-10-11-22-15/h2-11H2,1H3,(H,16,18). The van der Waals surface area contributed by atoms with Crippen LogP contribution in [0.4, 0.5) is 0 Å². The summed E-state index contributed by atoms with van der Waals surface area (Å²) >= 11 is 0. The second-order valence-corrected chi connectivity index (χ2v) is 6.23. The monoisotopic (exact) mass is 312 g/mol. The summed E-state index contributed by atoms with van der Waals surface area (Å²) in [5.74, 6) is -0.702. The van der Waals surface area contributed by atoms with Crippen molar-refractivity contribution in [1.29, 1.82) is 0 Å². The van der Waals surface area contributed by atoms with Crippen molar-refractivity contribution in [2.24, 2.45) is 5.41 Å². The number of ether oxygens (including phenoxy) is 3. The number of rotatable bonds is 5. The van der Waals surface area contributed by atoms with Crippen molar-refractivity contribution in [1.82, 2.24) is 10.2 Å². The molecule has 0 bridgehead atoms. The first kappa shape index (κ1) is 15.7. The summed E-state index contributed by atoms with van der Waals surface area (Å²) < 4.78 is 16.3. The van der Waals surface area contributed by atoms with Crippen molar-refractivity contribution in [2.45, 2.75) is 31.5 Å². The zero-order valence-electron chi connectivity index (χ0n) is 13.1. The number of piperidine rings is 1. The molecule has 124 valence electrons. The topological polar surface area (TPSA) is 77.1 Å². The summed E-state index contributed by atoms with van der Waals surface area (Å²) in [6, 6.07) is 0. The van der Waals surface area contributed by atoms with Crippen LogP contribution in [0.2, 0.25) is 0 Å². The third-order valence-electron chi connectivity index (χ3n) is 4.81. The predicted octanol–water partition coefficient (Wildman–Crippen LogP) is -0.105. The van der Waals surface area contributed by atoms with Crippen LogP contribution in [0, 0.1) is 5.41 Å². The van der Waals surface area contributed by atoms with E-state index in [9.17, 15) is 9.59 Å². The molecular weight excluding hydrogens is 288 g/mol. The average molecular weight is 312 g/mol. The number of methoxy groups -OCH3 is 1. The van der Waals surface area contributed by atoms with Crippen molar-refractivity contribution < 1.29 is 23.8 Å². The SMILES string of the molecule is COCCNC(=O)C1(C(=O)N2CCC3(CC2)OCCO3)CC1. The highest BCUT2D eigenvalue weighted by Gasteiger charge is 2.58. The van der Waals surface area contributed by atoms with E-state index in [0.717, 1.165) is 0 Å². The summed E-state index contributed by atoms with van der Waals surface area (Å²) in [5.41, 5.74) is -0.838. The first-order valence-corrected chi connectivity index (χ1v) is 7.96. The second kappa shape index (κ2) is 6.14. The molecule has 0 radical (unpaired) electrons. The van der Waals surface area contributed by atoms with E-state index in [1.54, 1.807) is 12.0 Å². The molecule has 22 heavy (non-hydrogen) atoms. The van der Waals surface area contributed by atoms with Gasteiger partial charge in [0.25, 0.3) is 0 Å². The molecule has 2 amide bonds. The van der Waals surface area contributed by atoms with Gasteiger partial charge in [0, 0.05) is 39.6 Å². The number of hydrogen-bond acceptors (Lipinski definition) is 5. The lowest BCUT2D eigenvalue weighted by molar-refractivity contribution is -0.188. The molecule has 1 spiro atoms. The van der Waals surface area contributed by atoms with Crippen molar-refractivity contribution in [3.63, 3.8) is 0 Å². The van der Waals surface area contributed by atoms with Crippen LogP contribution in [-0.4, -0.2) is 69.1 Å². The fraction of sp³-hybridized carbons (Fsp3) is 0.867. The number of amides is 2. The number of nitrogens with one attached hydrogen (secondary N) is 1. The average Bonchev–Trinajstić information content (AvgIpc) is 3.24. The Balaban J connectivity index is 1.54. The van der Waals surface area contributed by atoms with Crippen LogP contribution in [-0.2, 0) is 23.8 Å². The molecule has 1 aliphatic carbocycles. The van der Waals surface area contributed by atoms with Crippen LogP contribution in [0.25, 0.3) is 0 Å². The van der Waals surface area contributed by atoms with E-state index in [-0.39, 0.29) is 11.8 Å². The number of nitrogens with zero attached hydrogens (tertiary/aromatic N) is 1. The first-order chi connectivity index (χ1) is 10.6. The molecule has 3 fully saturated rings. The van der Waals surface area contributed by atoms with Gasteiger partial charge < -0.3 is 24.4 Å². The predicted molar refractivity (Wildman–Crippen MR) is 77.0 cm³/mol. The van der Waals surface area contributed by atoms with Gasteiger partial charge >= 0.3 is 0 Å². The molecule has 1 saturated carbocycles. The Labute approximate surface area is 130 Å². The zero-order valence-corrected chi connectivity index (χ0v) is 13.1. The summed E-state index contributed by atoms with van der Waals surface area (Å²) in [6.45, 7) is 3.32. The van der Waals surface area contributed by atoms with E-state index < -0.39 is 11.2 Å². The maximum absolute atomic E-state index is 12.7. The molecular formula is C15H24N2O5. The summed E-state index contributed by atoms with van der Waals surface area (Å²) in [6.07, 6.45) is 2.64. The van der Waals surface area contributed by atoms with Gasteiger partial charge in [0.15, 0.2) is 5.79 Å². The number of carbonyl (C=O) groups excluding carboxylic acids is 2. The highest BCUT2D eigenvalue weighted by Crippen LogP contribution is 2.48. The molecule has 0 atom stereocenters. The van der Waals surface area contributed by atoms with Gasteiger partial charge in [-0.2, -0.15) is 0 Å². The fourth-order valence-electron chi connectivity index (χ4n) is 3.24. The van der Waals surface area contributed by atoms with Crippen molar-refractivity contribution >= 4 is 11.8 Å². The normalized spacial score (nSPS) is 25.2. The molecule has 3 rings (SSSR count). The lowest BCUT2D eigenvalue weighted by atomic mass is 9.99. The van der Waals surface area contributed by atoms with E-state index in [4.69, 9.17) is 14.2 Å². The van der Waals surface area contributed by atoms with Crippen molar-refractivity contribution in [2.75, 3.05) is 46.6 Å². The number of hydrogen-bond donors (Lipinski definition) is 1. The third-order valence-corrected chi connectivity index (χ3v) is 4.81. The Kier molecular flexibility index (Phi) is 4.38. The Bertz CT molecular complexity index is 433. The molecule has 0 unspecified atom stereocenters. The Hall–Kier alpha value is -1.18. The van der Waals surface area contributed by atoms with E-state index in [1.165, 1.54) is 0 Å². The summed E-state index contributed by atoms with van der Waals surface area (Å²) in [7, 11) is 1.58. The zero-order chi connectivity index (χ0) is 15.6. The van der Waals surface area contributed by atoms with Crippen molar-refractivity contribution in [3.05, 3.63) is 0 Å². The van der Waals surface area contributed by atoms with E-state index >= 15 is 0 Å². The van der Waals surface area contributed by atoms with Gasteiger partial charge in [0.2, 0.25) is 11.8 Å². The minimum Gasteiger partial charge on any atom is -0.383 e. The van der Waals surface area contributed by atoms with Gasteiger partial charge in [-0.15, -0.1) is 0 Å². The van der Waals surface area contributed by atoms with Crippen LogP contribution in [0.15, 0.2) is 0 Å². The number of carbonyl (C=O) groups is 2. The maximum atomic E-state index is 12.7. The third kappa shape index (κ3) is 2.85. The summed E-state index contributed by atoms with van der Waals surface area (Å²) in [4.78, 5) is 26.8. The smallest absolute Gasteiger partial charge is 0.238 e. The molecule has 0 aromatic rings. The van der Waals surface area contributed by atoms with Gasteiger partial charge in [-0.25, -0.2) is 0 Å². The highest BCUT2D eigenvalue weighted by atomic mass is 16.7. The Morgan fingerprint density at radius 1 is 1.14 bits per heavy atom. The largest absolute Gasteiger partial charge is 0.383 e. The van der Waals surface area contributed by atoms with Gasteiger partial charge in [0.1, 0.15) is 5.41 Å². The lowest BCUT2D eigenvalue weighted by Gasteiger charge is -2.38. The van der Waals surface area contributed by atoms with Gasteiger partial charge in [0.05, 0.1) is 19.8 Å². The van der Waals surface area contributed by atoms with E-state index in [2.05, 4.69) is 5.32 Å². The molecule has 0 aromatic heterocycles. The van der Waals surface area contributed by atoms with Crippen LogP contribution in [0.1, 0.15) is 25.7 Å². The van der Waals surface area contributed by atoms with Crippen LogP contribution < -0.4 is 5.32 Å². The molecule has 3 aliphatic rings. The Morgan fingerprint density at radius 2 is 1.77 bits per heavy atom. The lowest BCUT2D eigenvalue weighted by Crippen LogP contribution is -2.52. The van der Waals surface area contributed by atoms with Gasteiger partial charge in [-0.05, 0) is 12.8 Å². The molecule has 0 aromatic carbocycles. The van der Waals surface area contributed by atoms with E-state index in [0.29, 0.717) is 65.1 Å². The summed E-state index contributed by atoms with van der Waals surface area (Å²) in [5, 5.41) is 2.79. The fourth-order valence-corrected chi connectivity index (χ4v) is 3.24. The van der Waals surface area contributed by atoms with Crippen LogP contribution in [0.5, 0.6) is 0 Å². The molecule has 7 heteroatoms. The van der Waals surface area contributed by atoms with Gasteiger partial charge in [-0.3, -0.25) is 9.59 Å². The second-order valence-electron chi connectivity index (χ2n) is 6.23.